The summed E-state index contributed by atoms with van der Waals surface area (Å²) in [5.41, 5.74) is 4.00. The predicted octanol–water partition coefficient (Wildman–Crippen LogP) is 3.68. The van der Waals surface area contributed by atoms with Crippen LogP contribution in [0.2, 0.25) is 0 Å². The minimum atomic E-state index is -0.601. The Labute approximate surface area is 189 Å². The average Bonchev–Trinajstić information content (AvgIpc) is 2.84. The number of anilines is 1. The second kappa shape index (κ2) is 10.1. The van der Waals surface area contributed by atoms with Crippen molar-refractivity contribution in [2.75, 3.05) is 31.1 Å². The number of rotatable bonds is 6. The summed E-state index contributed by atoms with van der Waals surface area (Å²) in [5, 5.41) is 2.99. The highest BCUT2D eigenvalue weighted by molar-refractivity contribution is 5.97. The zero-order valence-electron chi connectivity index (χ0n) is 18.4. The van der Waals surface area contributed by atoms with Gasteiger partial charge in [0, 0.05) is 43.9 Å². The van der Waals surface area contributed by atoms with Gasteiger partial charge in [-0.25, -0.2) is 0 Å². The molecule has 5 nitrogen and oxygen atoms in total. The number of hydrogen-bond donors (Lipinski definition) is 1. The van der Waals surface area contributed by atoms with Crippen LogP contribution in [0.15, 0.2) is 84.9 Å². The lowest BCUT2D eigenvalue weighted by Gasteiger charge is -2.37. The predicted molar refractivity (Wildman–Crippen MR) is 128 cm³/mol. The third-order valence-corrected chi connectivity index (χ3v) is 5.88. The number of carbonyl (C=O) groups is 2. The molecule has 3 aromatic carbocycles. The molecule has 1 N–H and O–H groups in total. The summed E-state index contributed by atoms with van der Waals surface area (Å²) in [7, 11) is 0. The van der Waals surface area contributed by atoms with E-state index >= 15 is 0 Å². The molecule has 1 aliphatic rings. The second-order valence-corrected chi connectivity index (χ2v) is 8.23. The monoisotopic (exact) mass is 427 g/mol. The van der Waals surface area contributed by atoms with Crippen LogP contribution >= 0.6 is 0 Å². The van der Waals surface area contributed by atoms with Crippen LogP contribution in [0, 0.1) is 6.92 Å². The van der Waals surface area contributed by atoms with E-state index in [-0.39, 0.29) is 11.8 Å². The van der Waals surface area contributed by atoms with Gasteiger partial charge in [-0.3, -0.25) is 9.59 Å². The fourth-order valence-corrected chi connectivity index (χ4v) is 4.11. The molecule has 0 aromatic heterocycles. The molecule has 1 heterocycles. The largest absolute Gasteiger partial charge is 0.368 e. The smallest absolute Gasteiger partial charge is 0.251 e. The molecule has 1 atom stereocenters. The first-order valence-corrected chi connectivity index (χ1v) is 11.1. The maximum atomic E-state index is 13.5. The third kappa shape index (κ3) is 5.35. The number of hydrogen-bond acceptors (Lipinski definition) is 3. The lowest BCUT2D eigenvalue weighted by Crippen LogP contribution is -2.55. The van der Waals surface area contributed by atoms with Crippen LogP contribution in [0.5, 0.6) is 0 Å². The molecule has 3 aromatic rings. The highest BCUT2D eigenvalue weighted by Crippen LogP contribution is 2.18. The Kier molecular flexibility index (Phi) is 6.85. The zero-order valence-corrected chi connectivity index (χ0v) is 18.4. The Morgan fingerprint density at radius 3 is 2.16 bits per heavy atom. The Hall–Kier alpha value is -3.60. The van der Waals surface area contributed by atoms with Gasteiger partial charge in [0.05, 0.1) is 0 Å². The number of nitrogens with zero attached hydrogens (tertiary/aromatic N) is 2. The van der Waals surface area contributed by atoms with Gasteiger partial charge in [-0.05, 0) is 42.3 Å². The van der Waals surface area contributed by atoms with Gasteiger partial charge in [0.2, 0.25) is 5.91 Å². The molecule has 2 amide bonds. The molecule has 1 saturated heterocycles. The molecule has 32 heavy (non-hydrogen) atoms. The van der Waals surface area contributed by atoms with Crippen LogP contribution in [0.1, 0.15) is 21.5 Å². The molecular weight excluding hydrogens is 398 g/mol. The molecule has 0 bridgehead atoms. The van der Waals surface area contributed by atoms with Crippen molar-refractivity contribution in [3.8, 4) is 0 Å². The highest BCUT2D eigenvalue weighted by atomic mass is 16.2. The highest BCUT2D eigenvalue weighted by Gasteiger charge is 2.29. The first-order valence-electron chi connectivity index (χ1n) is 11.1. The van der Waals surface area contributed by atoms with Crippen molar-refractivity contribution in [2.24, 2.45) is 0 Å². The quantitative estimate of drug-likeness (QED) is 0.653. The summed E-state index contributed by atoms with van der Waals surface area (Å²) >= 11 is 0. The van der Waals surface area contributed by atoms with Crippen molar-refractivity contribution in [3.05, 3.63) is 102 Å². The van der Waals surface area contributed by atoms with Crippen LogP contribution in [0.3, 0.4) is 0 Å². The molecule has 1 fully saturated rings. The van der Waals surface area contributed by atoms with Crippen molar-refractivity contribution >= 4 is 17.5 Å². The number of amides is 2. The van der Waals surface area contributed by atoms with Gasteiger partial charge in [-0.2, -0.15) is 0 Å². The lowest BCUT2D eigenvalue weighted by molar-refractivity contribution is -0.133. The van der Waals surface area contributed by atoms with Crippen molar-refractivity contribution in [3.63, 3.8) is 0 Å². The normalized spacial score (nSPS) is 14.7. The molecule has 0 radical (unpaired) electrons. The Morgan fingerprint density at radius 2 is 1.50 bits per heavy atom. The maximum Gasteiger partial charge on any atom is 0.251 e. The van der Waals surface area contributed by atoms with E-state index in [1.807, 2.05) is 53.4 Å². The van der Waals surface area contributed by atoms with Gasteiger partial charge < -0.3 is 15.1 Å². The summed E-state index contributed by atoms with van der Waals surface area (Å²) in [5.74, 6) is -0.250. The summed E-state index contributed by atoms with van der Waals surface area (Å²) in [6, 6.07) is 26.7. The Bertz CT molecular complexity index is 1040. The molecule has 0 spiro atoms. The molecule has 5 heteroatoms. The summed E-state index contributed by atoms with van der Waals surface area (Å²) < 4.78 is 0. The van der Waals surface area contributed by atoms with Crippen LogP contribution in [-0.4, -0.2) is 48.9 Å². The number of piperazine rings is 1. The Balaban J connectivity index is 1.45. The van der Waals surface area contributed by atoms with Crippen molar-refractivity contribution in [1.82, 2.24) is 10.2 Å². The zero-order chi connectivity index (χ0) is 22.3. The number of nitrogens with one attached hydrogen (secondary N) is 1. The van der Waals surface area contributed by atoms with E-state index in [0.29, 0.717) is 25.1 Å². The van der Waals surface area contributed by atoms with Gasteiger partial charge in [0.25, 0.3) is 5.91 Å². The molecule has 0 saturated carbocycles. The minimum absolute atomic E-state index is 0.0259. The number of benzene rings is 3. The third-order valence-electron chi connectivity index (χ3n) is 5.88. The molecule has 4 rings (SSSR count). The van der Waals surface area contributed by atoms with E-state index < -0.39 is 6.04 Å². The van der Waals surface area contributed by atoms with E-state index in [1.165, 1.54) is 11.3 Å². The summed E-state index contributed by atoms with van der Waals surface area (Å²) in [6.07, 6.45) is 0.469. The summed E-state index contributed by atoms with van der Waals surface area (Å²) in [6.45, 7) is 4.92. The topological polar surface area (TPSA) is 52.6 Å². The minimum Gasteiger partial charge on any atom is -0.368 e. The van der Waals surface area contributed by atoms with E-state index in [0.717, 1.165) is 18.7 Å². The van der Waals surface area contributed by atoms with Gasteiger partial charge in [0.1, 0.15) is 6.04 Å². The van der Waals surface area contributed by atoms with E-state index in [9.17, 15) is 9.59 Å². The van der Waals surface area contributed by atoms with Crippen molar-refractivity contribution < 1.29 is 9.59 Å². The van der Waals surface area contributed by atoms with Gasteiger partial charge in [-0.15, -0.1) is 0 Å². The van der Waals surface area contributed by atoms with Crippen LogP contribution in [0.4, 0.5) is 5.69 Å². The number of carbonyl (C=O) groups excluding carboxylic acids is 2. The van der Waals surface area contributed by atoms with Crippen molar-refractivity contribution in [1.29, 1.82) is 0 Å². The Morgan fingerprint density at radius 1 is 0.844 bits per heavy atom. The SMILES string of the molecule is Cc1cccc(N2CCN(C(=O)C(Cc3ccccc3)NC(=O)c3ccccc3)CC2)c1. The van der Waals surface area contributed by atoms with Gasteiger partial charge in [-0.1, -0.05) is 60.7 Å². The van der Waals surface area contributed by atoms with Gasteiger partial charge >= 0.3 is 0 Å². The first kappa shape index (κ1) is 21.6. The van der Waals surface area contributed by atoms with Crippen LogP contribution in [0.25, 0.3) is 0 Å². The molecule has 0 aliphatic carbocycles. The second-order valence-electron chi connectivity index (χ2n) is 8.23. The van der Waals surface area contributed by atoms with E-state index in [4.69, 9.17) is 0 Å². The summed E-state index contributed by atoms with van der Waals surface area (Å²) in [4.78, 5) is 30.5. The molecule has 1 aliphatic heterocycles. The fraction of sp³-hybridized carbons (Fsp3) is 0.259. The van der Waals surface area contributed by atoms with Crippen molar-refractivity contribution in [2.45, 2.75) is 19.4 Å². The average molecular weight is 428 g/mol. The van der Waals surface area contributed by atoms with Crippen LogP contribution < -0.4 is 10.2 Å². The molecular formula is C27H29N3O2. The van der Waals surface area contributed by atoms with E-state index in [2.05, 4.69) is 41.4 Å². The van der Waals surface area contributed by atoms with Crippen LogP contribution in [-0.2, 0) is 11.2 Å². The molecule has 1 unspecified atom stereocenters. The van der Waals surface area contributed by atoms with E-state index in [1.54, 1.807) is 12.1 Å². The maximum absolute atomic E-state index is 13.5. The standard InChI is InChI=1S/C27H29N3O2/c1-21-9-8-14-24(19-21)29-15-17-30(18-16-29)27(32)25(20-22-10-4-2-5-11-22)28-26(31)23-12-6-3-7-13-23/h2-14,19,25H,15-18,20H2,1H3,(H,28,31). The van der Waals surface area contributed by atoms with Gasteiger partial charge in [0.15, 0.2) is 0 Å². The fourth-order valence-electron chi connectivity index (χ4n) is 4.11. The molecule has 164 valence electrons. The lowest BCUT2D eigenvalue weighted by atomic mass is 10.0. The number of aryl methyl sites for hydroxylation is 1. The first-order chi connectivity index (χ1) is 15.6.